The SMILES string of the molecule is CCc1ccccc1NC(=O)CN(C)C(=O)c1cc(C2CC2)[nH]n1. The number of amides is 2. The molecule has 0 saturated heterocycles. The van der Waals surface area contributed by atoms with Crippen LogP contribution in [-0.4, -0.2) is 40.5 Å². The Labute approximate surface area is 141 Å². The van der Waals surface area contributed by atoms with Crippen molar-refractivity contribution < 1.29 is 9.59 Å². The van der Waals surface area contributed by atoms with Gasteiger partial charge in [0, 0.05) is 24.3 Å². The van der Waals surface area contributed by atoms with Crippen LogP contribution in [0.1, 0.15) is 47.4 Å². The minimum Gasteiger partial charge on any atom is -0.331 e. The van der Waals surface area contributed by atoms with E-state index in [1.807, 2.05) is 31.2 Å². The number of hydrogen-bond donors (Lipinski definition) is 2. The molecular weight excluding hydrogens is 304 g/mol. The zero-order valence-electron chi connectivity index (χ0n) is 14.0. The lowest BCUT2D eigenvalue weighted by atomic mass is 10.1. The summed E-state index contributed by atoms with van der Waals surface area (Å²) in [5, 5.41) is 9.85. The van der Waals surface area contributed by atoms with E-state index in [2.05, 4.69) is 15.5 Å². The van der Waals surface area contributed by atoms with Crippen LogP contribution < -0.4 is 5.32 Å². The highest BCUT2D eigenvalue weighted by Gasteiger charge is 2.27. The number of rotatable bonds is 6. The summed E-state index contributed by atoms with van der Waals surface area (Å²) >= 11 is 0. The van der Waals surface area contributed by atoms with Gasteiger partial charge in [0.05, 0.1) is 6.54 Å². The van der Waals surface area contributed by atoms with Gasteiger partial charge in [-0.15, -0.1) is 0 Å². The lowest BCUT2D eigenvalue weighted by molar-refractivity contribution is -0.116. The highest BCUT2D eigenvalue weighted by molar-refractivity contribution is 5.98. The summed E-state index contributed by atoms with van der Waals surface area (Å²) in [5.41, 5.74) is 3.23. The molecule has 6 nitrogen and oxygen atoms in total. The van der Waals surface area contributed by atoms with Crippen molar-refractivity contribution in [3.63, 3.8) is 0 Å². The summed E-state index contributed by atoms with van der Waals surface area (Å²) in [6, 6.07) is 9.47. The molecule has 1 saturated carbocycles. The summed E-state index contributed by atoms with van der Waals surface area (Å²) in [6.45, 7) is 2.03. The number of para-hydroxylation sites is 1. The maximum atomic E-state index is 12.4. The van der Waals surface area contributed by atoms with Gasteiger partial charge in [0.1, 0.15) is 5.69 Å². The lowest BCUT2D eigenvalue weighted by Gasteiger charge is -2.16. The number of nitrogens with one attached hydrogen (secondary N) is 2. The van der Waals surface area contributed by atoms with Crippen LogP contribution in [-0.2, 0) is 11.2 Å². The summed E-state index contributed by atoms with van der Waals surface area (Å²) < 4.78 is 0. The topological polar surface area (TPSA) is 78.1 Å². The molecule has 1 fully saturated rings. The highest BCUT2D eigenvalue weighted by Crippen LogP contribution is 2.39. The van der Waals surface area contributed by atoms with Crippen molar-refractivity contribution in [1.29, 1.82) is 0 Å². The smallest absolute Gasteiger partial charge is 0.274 e. The summed E-state index contributed by atoms with van der Waals surface area (Å²) in [6.07, 6.45) is 3.12. The number of nitrogens with zero attached hydrogens (tertiary/aromatic N) is 2. The van der Waals surface area contributed by atoms with Gasteiger partial charge < -0.3 is 10.2 Å². The van der Waals surface area contributed by atoms with E-state index < -0.39 is 0 Å². The Morgan fingerprint density at radius 3 is 2.79 bits per heavy atom. The van der Waals surface area contributed by atoms with Gasteiger partial charge in [-0.3, -0.25) is 14.7 Å². The number of benzene rings is 1. The fraction of sp³-hybridized carbons (Fsp3) is 0.389. The molecule has 1 heterocycles. The van der Waals surface area contributed by atoms with Gasteiger partial charge in [-0.05, 0) is 37.0 Å². The molecule has 0 aliphatic heterocycles. The van der Waals surface area contributed by atoms with Crippen molar-refractivity contribution in [2.45, 2.75) is 32.1 Å². The normalized spacial score (nSPS) is 13.6. The average Bonchev–Trinajstić information content (AvgIpc) is 3.31. The molecule has 1 aromatic carbocycles. The molecular formula is C18H22N4O2. The predicted octanol–water partition coefficient (Wildman–Crippen LogP) is 2.56. The number of anilines is 1. The molecule has 3 rings (SSSR count). The van der Waals surface area contributed by atoms with Crippen LogP contribution in [0.4, 0.5) is 5.69 Å². The minimum absolute atomic E-state index is 0.0114. The Morgan fingerprint density at radius 2 is 2.08 bits per heavy atom. The second-order valence-electron chi connectivity index (χ2n) is 6.20. The number of likely N-dealkylation sites (N-methyl/N-ethyl adjacent to an activating group) is 1. The predicted molar refractivity (Wildman–Crippen MR) is 92.0 cm³/mol. The molecule has 0 atom stereocenters. The van der Waals surface area contributed by atoms with Crippen LogP contribution in [0, 0.1) is 0 Å². The van der Waals surface area contributed by atoms with Crippen molar-refractivity contribution >= 4 is 17.5 Å². The third kappa shape index (κ3) is 3.64. The first-order valence-corrected chi connectivity index (χ1v) is 8.27. The molecule has 0 bridgehead atoms. The molecule has 0 spiro atoms. The van der Waals surface area contributed by atoms with Crippen LogP contribution in [0.2, 0.25) is 0 Å². The van der Waals surface area contributed by atoms with E-state index in [0.717, 1.165) is 36.2 Å². The van der Waals surface area contributed by atoms with Crippen molar-refractivity contribution in [3.05, 3.63) is 47.3 Å². The van der Waals surface area contributed by atoms with Gasteiger partial charge in [-0.1, -0.05) is 25.1 Å². The Balaban J connectivity index is 1.59. The zero-order valence-corrected chi connectivity index (χ0v) is 14.0. The molecule has 2 aromatic rings. The van der Waals surface area contributed by atoms with Gasteiger partial charge in [-0.25, -0.2) is 0 Å². The number of hydrogen-bond acceptors (Lipinski definition) is 3. The maximum absolute atomic E-state index is 12.4. The number of aromatic nitrogens is 2. The number of aryl methyl sites for hydroxylation is 1. The summed E-state index contributed by atoms with van der Waals surface area (Å²) in [7, 11) is 1.61. The van der Waals surface area contributed by atoms with E-state index in [0.29, 0.717) is 11.6 Å². The van der Waals surface area contributed by atoms with Crippen molar-refractivity contribution in [1.82, 2.24) is 15.1 Å². The Hall–Kier alpha value is -2.63. The largest absolute Gasteiger partial charge is 0.331 e. The molecule has 2 N–H and O–H groups in total. The van der Waals surface area contributed by atoms with Crippen LogP contribution in [0.15, 0.2) is 30.3 Å². The lowest BCUT2D eigenvalue weighted by Crippen LogP contribution is -2.35. The van der Waals surface area contributed by atoms with E-state index in [1.54, 1.807) is 13.1 Å². The molecule has 2 amide bonds. The maximum Gasteiger partial charge on any atom is 0.274 e. The average molecular weight is 326 g/mol. The van der Waals surface area contributed by atoms with Gasteiger partial charge in [0.2, 0.25) is 5.91 Å². The van der Waals surface area contributed by atoms with Crippen molar-refractivity contribution in [2.24, 2.45) is 0 Å². The third-order valence-corrected chi connectivity index (χ3v) is 4.23. The van der Waals surface area contributed by atoms with E-state index in [9.17, 15) is 9.59 Å². The first-order chi connectivity index (χ1) is 11.6. The fourth-order valence-electron chi connectivity index (χ4n) is 2.67. The Bertz CT molecular complexity index is 749. The monoisotopic (exact) mass is 326 g/mol. The van der Waals surface area contributed by atoms with Crippen molar-refractivity contribution in [3.8, 4) is 0 Å². The minimum atomic E-state index is -0.253. The van der Waals surface area contributed by atoms with E-state index in [4.69, 9.17) is 0 Å². The van der Waals surface area contributed by atoms with Gasteiger partial charge in [0.25, 0.3) is 5.91 Å². The first kappa shape index (κ1) is 16.2. The van der Waals surface area contributed by atoms with E-state index >= 15 is 0 Å². The van der Waals surface area contributed by atoms with Crippen LogP contribution in [0.3, 0.4) is 0 Å². The van der Waals surface area contributed by atoms with Gasteiger partial charge in [0.15, 0.2) is 0 Å². The zero-order chi connectivity index (χ0) is 17.1. The molecule has 1 aromatic heterocycles. The molecule has 6 heteroatoms. The molecule has 0 unspecified atom stereocenters. The second kappa shape index (κ2) is 6.86. The molecule has 1 aliphatic rings. The van der Waals surface area contributed by atoms with Gasteiger partial charge >= 0.3 is 0 Å². The quantitative estimate of drug-likeness (QED) is 0.856. The number of carbonyl (C=O) groups excluding carboxylic acids is 2. The Morgan fingerprint density at radius 1 is 1.33 bits per heavy atom. The van der Waals surface area contributed by atoms with E-state index in [1.165, 1.54) is 4.90 Å². The number of carbonyl (C=O) groups is 2. The van der Waals surface area contributed by atoms with Crippen LogP contribution in [0.25, 0.3) is 0 Å². The molecule has 126 valence electrons. The van der Waals surface area contributed by atoms with Crippen molar-refractivity contribution in [2.75, 3.05) is 18.9 Å². The highest BCUT2D eigenvalue weighted by atomic mass is 16.2. The Kier molecular flexibility index (Phi) is 4.64. The number of aromatic amines is 1. The first-order valence-electron chi connectivity index (χ1n) is 8.27. The number of H-pyrrole nitrogens is 1. The fourth-order valence-corrected chi connectivity index (χ4v) is 2.67. The van der Waals surface area contributed by atoms with Gasteiger partial charge in [-0.2, -0.15) is 5.10 Å². The standard InChI is InChI=1S/C18H22N4O2/c1-3-12-6-4-5-7-14(12)19-17(23)11-22(2)18(24)16-10-15(20-21-16)13-8-9-13/h4-7,10,13H,3,8-9,11H2,1-2H3,(H,19,23)(H,20,21). The van der Waals surface area contributed by atoms with Crippen LogP contribution >= 0.6 is 0 Å². The molecule has 0 radical (unpaired) electrons. The summed E-state index contributed by atoms with van der Waals surface area (Å²) in [5.74, 6) is 0.0416. The summed E-state index contributed by atoms with van der Waals surface area (Å²) in [4.78, 5) is 26.0. The van der Waals surface area contributed by atoms with E-state index in [-0.39, 0.29) is 18.4 Å². The third-order valence-electron chi connectivity index (χ3n) is 4.23. The molecule has 1 aliphatic carbocycles. The van der Waals surface area contributed by atoms with Crippen LogP contribution in [0.5, 0.6) is 0 Å². The molecule has 24 heavy (non-hydrogen) atoms. The second-order valence-corrected chi connectivity index (χ2v) is 6.20.